The number of halogens is 2. The number of ketones is 1. The van der Waals surface area contributed by atoms with Crippen LogP contribution in [0.3, 0.4) is 0 Å². The molecule has 0 fully saturated rings. The molecule has 3 heteroatoms. The van der Waals surface area contributed by atoms with Crippen LogP contribution < -0.4 is 0 Å². The van der Waals surface area contributed by atoms with E-state index in [-0.39, 0.29) is 5.78 Å². The molecule has 0 radical (unpaired) electrons. The van der Waals surface area contributed by atoms with Gasteiger partial charge in [-0.3, -0.25) is 4.79 Å². The summed E-state index contributed by atoms with van der Waals surface area (Å²) < 4.78 is 0. The normalized spacial score (nSPS) is 9.83. The van der Waals surface area contributed by atoms with E-state index >= 15 is 0 Å². The van der Waals surface area contributed by atoms with Crippen molar-refractivity contribution in [2.24, 2.45) is 0 Å². The van der Waals surface area contributed by atoms with Crippen LogP contribution in [0.5, 0.6) is 0 Å². The zero-order valence-electron chi connectivity index (χ0n) is 6.39. The van der Waals surface area contributed by atoms with Crippen molar-refractivity contribution in [2.75, 3.05) is 5.33 Å². The van der Waals surface area contributed by atoms with Gasteiger partial charge in [0.2, 0.25) is 0 Å². The van der Waals surface area contributed by atoms with E-state index in [9.17, 15) is 4.79 Å². The largest absolute Gasteiger partial charge is 0.294 e. The highest BCUT2D eigenvalue weighted by Gasteiger charge is 2.03. The van der Waals surface area contributed by atoms with Crippen molar-refractivity contribution in [3.8, 4) is 0 Å². The number of hydrogen-bond donors (Lipinski definition) is 0. The summed E-state index contributed by atoms with van der Waals surface area (Å²) in [7, 11) is 0. The summed E-state index contributed by atoms with van der Waals surface area (Å²) in [6, 6.07) is 6.94. The third-order valence-electron chi connectivity index (χ3n) is 1.49. The highest BCUT2D eigenvalue weighted by atomic mass is 79.9. The van der Waals surface area contributed by atoms with E-state index in [1.54, 1.807) is 24.3 Å². The van der Waals surface area contributed by atoms with Crippen LogP contribution in [0, 0.1) is 0 Å². The van der Waals surface area contributed by atoms with Crippen molar-refractivity contribution in [3.05, 3.63) is 34.9 Å². The van der Waals surface area contributed by atoms with Crippen molar-refractivity contribution in [3.63, 3.8) is 0 Å². The van der Waals surface area contributed by atoms with E-state index < -0.39 is 0 Å². The minimum atomic E-state index is 0.142. The molecular weight excluding hydrogens is 239 g/mol. The van der Waals surface area contributed by atoms with Crippen molar-refractivity contribution >= 4 is 33.3 Å². The van der Waals surface area contributed by atoms with Crippen molar-refractivity contribution in [2.45, 2.75) is 6.42 Å². The first-order valence-corrected chi connectivity index (χ1v) is 5.08. The fraction of sp³-hybridized carbons (Fsp3) is 0.222. The van der Waals surface area contributed by atoms with Gasteiger partial charge in [0.05, 0.1) is 0 Å². The Kier molecular flexibility index (Phi) is 3.76. The lowest BCUT2D eigenvalue weighted by atomic mass is 10.1. The Morgan fingerprint density at radius 1 is 1.33 bits per heavy atom. The zero-order chi connectivity index (χ0) is 8.97. The summed E-state index contributed by atoms with van der Waals surface area (Å²) in [4.78, 5) is 11.3. The minimum absolute atomic E-state index is 0.142. The molecule has 1 aromatic rings. The Morgan fingerprint density at radius 2 is 1.92 bits per heavy atom. The van der Waals surface area contributed by atoms with Crippen LogP contribution >= 0.6 is 27.5 Å². The van der Waals surface area contributed by atoms with Gasteiger partial charge in [-0.15, -0.1) is 0 Å². The molecule has 12 heavy (non-hydrogen) atoms. The molecule has 0 aliphatic carbocycles. The van der Waals surface area contributed by atoms with Crippen LogP contribution in [-0.2, 0) is 0 Å². The van der Waals surface area contributed by atoms with Crippen LogP contribution in [0.1, 0.15) is 16.8 Å². The second-order valence-corrected chi connectivity index (χ2v) is 3.60. The Morgan fingerprint density at radius 3 is 2.42 bits per heavy atom. The number of carbonyl (C=O) groups excluding carboxylic acids is 1. The molecule has 0 saturated carbocycles. The first kappa shape index (κ1) is 9.75. The van der Waals surface area contributed by atoms with Crippen LogP contribution in [0.25, 0.3) is 0 Å². The number of rotatable bonds is 3. The topological polar surface area (TPSA) is 17.1 Å². The Hall–Kier alpha value is -0.340. The van der Waals surface area contributed by atoms with Gasteiger partial charge in [0, 0.05) is 22.3 Å². The Labute approximate surface area is 84.9 Å². The predicted molar refractivity (Wildman–Crippen MR) is 54.2 cm³/mol. The number of hydrogen-bond acceptors (Lipinski definition) is 1. The summed E-state index contributed by atoms with van der Waals surface area (Å²) in [6.45, 7) is 0. The summed E-state index contributed by atoms with van der Waals surface area (Å²) in [5.74, 6) is 0.142. The van der Waals surface area contributed by atoms with Crippen LogP contribution in [0.4, 0.5) is 0 Å². The number of Topliss-reactive ketones (excluding diaryl/α,β-unsaturated/α-hetero) is 1. The van der Waals surface area contributed by atoms with Gasteiger partial charge in [0.25, 0.3) is 0 Å². The van der Waals surface area contributed by atoms with E-state index in [1.807, 2.05) is 0 Å². The molecule has 1 rings (SSSR count). The molecule has 0 atom stereocenters. The average Bonchev–Trinajstić information content (AvgIpc) is 2.06. The molecule has 1 aromatic carbocycles. The molecule has 0 unspecified atom stereocenters. The third-order valence-corrected chi connectivity index (χ3v) is 2.14. The second kappa shape index (κ2) is 4.63. The molecule has 0 aromatic heterocycles. The molecule has 0 heterocycles. The zero-order valence-corrected chi connectivity index (χ0v) is 8.73. The van der Waals surface area contributed by atoms with E-state index in [2.05, 4.69) is 15.9 Å². The highest BCUT2D eigenvalue weighted by molar-refractivity contribution is 9.09. The lowest BCUT2D eigenvalue weighted by molar-refractivity contribution is 0.0990. The molecule has 0 N–H and O–H groups in total. The van der Waals surface area contributed by atoms with Gasteiger partial charge in [-0.1, -0.05) is 27.5 Å². The van der Waals surface area contributed by atoms with E-state index in [0.717, 1.165) is 5.56 Å². The monoisotopic (exact) mass is 246 g/mol. The molecule has 0 amide bonds. The molecule has 1 nitrogen and oxygen atoms in total. The van der Waals surface area contributed by atoms with Gasteiger partial charge in [0.15, 0.2) is 5.78 Å². The van der Waals surface area contributed by atoms with Crippen LogP contribution in [0.15, 0.2) is 24.3 Å². The average molecular weight is 248 g/mol. The van der Waals surface area contributed by atoms with Crippen molar-refractivity contribution in [1.82, 2.24) is 0 Å². The van der Waals surface area contributed by atoms with Crippen LogP contribution in [-0.4, -0.2) is 11.1 Å². The van der Waals surface area contributed by atoms with Gasteiger partial charge in [0.1, 0.15) is 0 Å². The third kappa shape index (κ3) is 2.61. The SMILES string of the molecule is O=C(CCBr)c1ccc(Cl)cc1. The fourth-order valence-electron chi connectivity index (χ4n) is 0.866. The van der Waals surface area contributed by atoms with Crippen molar-refractivity contribution in [1.29, 1.82) is 0 Å². The molecular formula is C9H8BrClO. The number of benzene rings is 1. The van der Waals surface area contributed by atoms with Gasteiger partial charge in [-0.2, -0.15) is 0 Å². The molecule has 64 valence electrons. The Balaban J connectivity index is 2.75. The maximum absolute atomic E-state index is 11.3. The number of alkyl halides is 1. The summed E-state index contributed by atoms with van der Waals surface area (Å²) in [5.41, 5.74) is 0.721. The van der Waals surface area contributed by atoms with E-state index in [0.29, 0.717) is 16.8 Å². The standard InChI is InChI=1S/C9H8BrClO/c10-6-5-9(12)7-1-3-8(11)4-2-7/h1-4H,5-6H2. The smallest absolute Gasteiger partial charge is 0.163 e. The fourth-order valence-corrected chi connectivity index (χ4v) is 1.35. The highest BCUT2D eigenvalue weighted by Crippen LogP contribution is 2.11. The number of carbonyl (C=O) groups is 1. The maximum Gasteiger partial charge on any atom is 0.163 e. The van der Waals surface area contributed by atoms with Crippen molar-refractivity contribution < 1.29 is 4.79 Å². The first-order valence-electron chi connectivity index (χ1n) is 3.59. The second-order valence-electron chi connectivity index (χ2n) is 2.37. The molecule has 0 aliphatic heterocycles. The van der Waals surface area contributed by atoms with Gasteiger partial charge in [-0.25, -0.2) is 0 Å². The molecule has 0 spiro atoms. The van der Waals surface area contributed by atoms with Gasteiger partial charge in [-0.05, 0) is 24.3 Å². The van der Waals surface area contributed by atoms with Gasteiger partial charge >= 0.3 is 0 Å². The maximum atomic E-state index is 11.3. The summed E-state index contributed by atoms with van der Waals surface area (Å²) >= 11 is 8.89. The predicted octanol–water partition coefficient (Wildman–Crippen LogP) is 3.31. The lowest BCUT2D eigenvalue weighted by Crippen LogP contribution is -1.98. The van der Waals surface area contributed by atoms with E-state index in [1.165, 1.54) is 0 Å². The summed E-state index contributed by atoms with van der Waals surface area (Å²) in [5, 5.41) is 1.36. The van der Waals surface area contributed by atoms with Gasteiger partial charge < -0.3 is 0 Å². The first-order chi connectivity index (χ1) is 5.74. The molecule has 0 bridgehead atoms. The quantitative estimate of drug-likeness (QED) is 0.592. The lowest BCUT2D eigenvalue weighted by Gasteiger charge is -1.97. The van der Waals surface area contributed by atoms with Crippen LogP contribution in [0.2, 0.25) is 5.02 Å². The molecule has 0 saturated heterocycles. The minimum Gasteiger partial charge on any atom is -0.294 e. The van der Waals surface area contributed by atoms with E-state index in [4.69, 9.17) is 11.6 Å². The summed E-state index contributed by atoms with van der Waals surface area (Å²) in [6.07, 6.45) is 0.529. The Bertz CT molecular complexity index is 268. The molecule has 0 aliphatic rings.